The number of para-hydroxylation sites is 1. The van der Waals surface area contributed by atoms with Crippen molar-refractivity contribution in [3.63, 3.8) is 0 Å². The van der Waals surface area contributed by atoms with E-state index in [0.717, 1.165) is 83.6 Å². The summed E-state index contributed by atoms with van der Waals surface area (Å²) in [4.78, 5) is 10.5. The lowest BCUT2D eigenvalue weighted by molar-refractivity contribution is 0.446. The van der Waals surface area contributed by atoms with Crippen LogP contribution in [0.2, 0.25) is 0 Å². The van der Waals surface area contributed by atoms with E-state index in [9.17, 15) is 9.22 Å². The summed E-state index contributed by atoms with van der Waals surface area (Å²) in [5.74, 6) is -1.47. The highest BCUT2D eigenvalue weighted by Gasteiger charge is 2.29. The molecule has 2 heterocycles. The molecule has 2 aromatic heterocycles. The van der Waals surface area contributed by atoms with Gasteiger partial charge in [0.25, 0.3) is 0 Å². The Morgan fingerprint density at radius 2 is 1.05 bits per heavy atom. The number of fused-ring (bicyclic) bond motifs is 1. The average Bonchev–Trinajstić information content (AvgIpc) is 3.87. The number of aromatic hydroxyl groups is 1. The van der Waals surface area contributed by atoms with E-state index in [-0.39, 0.29) is 16.7 Å². The van der Waals surface area contributed by atoms with Crippen LogP contribution in [0.15, 0.2) is 188 Å². The zero-order chi connectivity index (χ0) is 55.7. The Labute approximate surface area is 440 Å². The largest absolute Gasteiger partial charge is 0.507 e. The lowest BCUT2D eigenvalue weighted by atomic mass is 9.79. The molecule has 0 amide bonds. The van der Waals surface area contributed by atoms with Crippen LogP contribution < -0.4 is 0 Å². The molecule has 10 aromatic rings. The second kappa shape index (κ2) is 19.3. The van der Waals surface area contributed by atoms with Gasteiger partial charge in [-0.3, -0.25) is 9.55 Å². The number of phenolic OH excluding ortho intramolecular Hbond substituents is 1. The monoisotopic (exact) mass is 959 g/mol. The maximum atomic E-state index is 12.6. The van der Waals surface area contributed by atoms with Gasteiger partial charge >= 0.3 is 0 Å². The number of pyridine rings is 1. The van der Waals surface area contributed by atoms with Crippen LogP contribution in [0.25, 0.3) is 95.0 Å². The predicted molar refractivity (Wildman–Crippen MR) is 309 cm³/mol. The molecule has 4 nitrogen and oxygen atoms in total. The van der Waals surface area contributed by atoms with Gasteiger partial charge in [-0.15, -0.1) is 0 Å². The average molecular weight is 959 g/mol. The van der Waals surface area contributed by atoms with Gasteiger partial charge in [0.05, 0.1) is 28.0 Å². The standard InChI is InChI=1S/C69H67N3O/c1-43(2)52-34-53(44(3)4)36-55(35-52)50-29-30-63(45(5)33-50)72-64-24-18-23-59(65(64)71-67(72)60-41-58(68(6,7)8)42-61(66(60)73)69(9,10)11)56-37-54(47-21-16-13-17-22-47)38-57(39-56)62-40-51(31-32-70-62)49-27-25-48(26-28-49)46-19-14-12-15-20-46/h12-44,73H,1-11H3/i5D3,43D,44D. The van der Waals surface area contributed by atoms with Crippen molar-refractivity contribution in [1.29, 1.82) is 0 Å². The molecule has 0 saturated carbocycles. The Morgan fingerprint density at radius 3 is 1.67 bits per heavy atom. The first-order valence-corrected chi connectivity index (χ1v) is 25.3. The Bertz CT molecular complexity index is 3840. The van der Waals surface area contributed by atoms with Crippen molar-refractivity contribution in [3.8, 4) is 89.7 Å². The van der Waals surface area contributed by atoms with E-state index in [4.69, 9.17) is 12.7 Å². The van der Waals surface area contributed by atoms with Crippen LogP contribution in [0.1, 0.15) is 116 Å². The van der Waals surface area contributed by atoms with Gasteiger partial charge in [0.15, 0.2) is 0 Å². The summed E-state index contributed by atoms with van der Waals surface area (Å²) in [5, 5.41) is 12.6. The maximum absolute atomic E-state index is 12.6. The second-order valence-corrected chi connectivity index (χ2v) is 21.9. The van der Waals surface area contributed by atoms with Crippen molar-refractivity contribution in [2.24, 2.45) is 0 Å². The SMILES string of the molecule is [2H]C([2H])([2H])c1cc(-c2cc(C([2H])(C)C)cc(C([2H])(C)C)c2)ccc1-n1c(-c2cc(C(C)(C)C)cc(C(C)(C)C)c2O)nc2c(-c3cc(-c4ccccc4)cc(-c4cc(-c5ccc(-c6ccccc6)cc5)ccn4)c3)cccc21. The summed E-state index contributed by atoms with van der Waals surface area (Å²) < 4.78 is 47.5. The summed E-state index contributed by atoms with van der Waals surface area (Å²) >= 11 is 0. The highest BCUT2D eigenvalue weighted by atomic mass is 16.3. The molecule has 1 N–H and O–H groups in total. The van der Waals surface area contributed by atoms with Crippen molar-refractivity contribution in [3.05, 3.63) is 216 Å². The molecule has 0 bridgehead atoms. The number of aryl methyl sites for hydroxylation is 1. The summed E-state index contributed by atoms with van der Waals surface area (Å²) in [6.45, 7) is 17.4. The second-order valence-electron chi connectivity index (χ2n) is 21.9. The fraction of sp³-hybridized carbons (Fsp3) is 0.217. The molecular weight excluding hydrogens is 887 g/mol. The number of nitrogens with zero attached hydrogens (tertiary/aromatic N) is 3. The molecule has 0 aliphatic heterocycles. The molecule has 0 radical (unpaired) electrons. The number of rotatable bonds is 10. The topological polar surface area (TPSA) is 50.9 Å². The quantitative estimate of drug-likeness (QED) is 0.149. The number of benzene rings is 8. The molecule has 4 heteroatoms. The van der Waals surface area contributed by atoms with E-state index in [2.05, 4.69) is 139 Å². The molecule has 0 saturated heterocycles. The van der Waals surface area contributed by atoms with Gasteiger partial charge in [0.1, 0.15) is 11.6 Å². The van der Waals surface area contributed by atoms with Crippen molar-refractivity contribution in [2.45, 2.75) is 98.7 Å². The molecule has 0 unspecified atom stereocenters. The first-order chi connectivity index (χ1) is 36.7. The van der Waals surface area contributed by atoms with Crippen LogP contribution in [-0.4, -0.2) is 19.6 Å². The summed E-state index contributed by atoms with van der Waals surface area (Å²) in [6.07, 6.45) is 1.86. The Balaban J connectivity index is 1.23. The minimum absolute atomic E-state index is 0.0787. The van der Waals surface area contributed by atoms with E-state index in [0.29, 0.717) is 33.7 Å². The summed E-state index contributed by atoms with van der Waals surface area (Å²) in [5.41, 5.74) is 15.9. The van der Waals surface area contributed by atoms with E-state index < -0.39 is 24.1 Å². The van der Waals surface area contributed by atoms with Crippen LogP contribution in [0.4, 0.5) is 0 Å². The first kappa shape index (κ1) is 42.8. The predicted octanol–water partition coefficient (Wildman–Crippen LogP) is 18.9. The van der Waals surface area contributed by atoms with Gasteiger partial charge in [0.2, 0.25) is 0 Å². The molecule has 0 spiro atoms. The zero-order valence-electron chi connectivity index (χ0n) is 48.7. The Morgan fingerprint density at radius 1 is 0.493 bits per heavy atom. The third kappa shape index (κ3) is 9.79. The molecule has 0 aliphatic carbocycles. The molecule has 0 atom stereocenters. The van der Waals surface area contributed by atoms with Crippen molar-refractivity contribution in [1.82, 2.24) is 14.5 Å². The minimum atomic E-state index is -2.61. The number of hydrogen-bond acceptors (Lipinski definition) is 3. The maximum Gasteiger partial charge on any atom is 0.149 e. The van der Waals surface area contributed by atoms with Gasteiger partial charge in [0, 0.05) is 29.7 Å². The lowest BCUT2D eigenvalue weighted by Crippen LogP contribution is -2.17. The van der Waals surface area contributed by atoms with Crippen molar-refractivity contribution >= 4 is 11.0 Å². The van der Waals surface area contributed by atoms with Crippen LogP contribution in [-0.2, 0) is 10.8 Å². The highest BCUT2D eigenvalue weighted by molar-refractivity contribution is 5.98. The van der Waals surface area contributed by atoms with Crippen LogP contribution in [0.5, 0.6) is 5.75 Å². The van der Waals surface area contributed by atoms with E-state index in [1.807, 2.05) is 117 Å². The third-order valence-electron chi connectivity index (χ3n) is 14.1. The minimum Gasteiger partial charge on any atom is -0.507 e. The molecule has 73 heavy (non-hydrogen) atoms. The normalized spacial score (nSPS) is 13.5. The Hall–Kier alpha value is -7.82. The van der Waals surface area contributed by atoms with Crippen molar-refractivity contribution < 1.29 is 12.0 Å². The van der Waals surface area contributed by atoms with E-state index in [1.54, 1.807) is 6.07 Å². The van der Waals surface area contributed by atoms with Gasteiger partial charge in [-0.25, -0.2) is 4.98 Å². The summed E-state index contributed by atoms with van der Waals surface area (Å²) in [6, 6.07) is 61.3. The molecule has 10 rings (SSSR count). The molecule has 8 aromatic carbocycles. The lowest BCUT2D eigenvalue weighted by Gasteiger charge is -2.27. The summed E-state index contributed by atoms with van der Waals surface area (Å²) in [7, 11) is 0. The van der Waals surface area contributed by atoms with Gasteiger partial charge in [-0.1, -0.05) is 197 Å². The van der Waals surface area contributed by atoms with Crippen LogP contribution in [0.3, 0.4) is 0 Å². The molecular formula is C69H67N3O. The van der Waals surface area contributed by atoms with E-state index >= 15 is 0 Å². The van der Waals surface area contributed by atoms with Crippen molar-refractivity contribution in [2.75, 3.05) is 0 Å². The molecule has 364 valence electrons. The van der Waals surface area contributed by atoms with Crippen LogP contribution >= 0.6 is 0 Å². The Kier molecular flexibility index (Phi) is 11.3. The third-order valence-corrected chi connectivity index (χ3v) is 14.1. The number of phenols is 1. The van der Waals surface area contributed by atoms with Gasteiger partial charge < -0.3 is 5.11 Å². The highest BCUT2D eigenvalue weighted by Crippen LogP contribution is 2.46. The smallest absolute Gasteiger partial charge is 0.149 e. The fourth-order valence-electron chi connectivity index (χ4n) is 9.83. The number of aromatic nitrogens is 3. The number of hydrogen-bond donors (Lipinski definition) is 1. The zero-order valence-corrected chi connectivity index (χ0v) is 43.7. The van der Waals surface area contributed by atoms with E-state index in [1.165, 1.54) is 0 Å². The molecule has 0 aliphatic rings. The fourth-order valence-corrected chi connectivity index (χ4v) is 9.83. The van der Waals surface area contributed by atoms with Crippen LogP contribution in [0, 0.1) is 6.85 Å². The number of imidazole rings is 1. The molecule has 0 fully saturated rings. The van der Waals surface area contributed by atoms with Gasteiger partial charge in [-0.05, 0) is 156 Å². The first-order valence-electron chi connectivity index (χ1n) is 27.8. The van der Waals surface area contributed by atoms with Gasteiger partial charge in [-0.2, -0.15) is 0 Å².